The molecule has 0 bridgehead atoms. The van der Waals surface area contributed by atoms with Gasteiger partial charge in [-0.2, -0.15) is 0 Å². The summed E-state index contributed by atoms with van der Waals surface area (Å²) in [5, 5.41) is 1.52. The number of carbonyl (C=O) groups excluding carboxylic acids is 1. The topological polar surface area (TPSA) is 42.1 Å². The molecule has 0 aliphatic rings. The Hall–Kier alpha value is -2.26. The molecule has 1 aromatic heterocycles. The molecule has 3 nitrogen and oxygen atoms in total. The van der Waals surface area contributed by atoms with Crippen molar-refractivity contribution in [1.29, 1.82) is 0 Å². The lowest BCUT2D eigenvalue weighted by atomic mass is 10.0. The van der Waals surface area contributed by atoms with Crippen LogP contribution in [0, 0.1) is 0 Å². The van der Waals surface area contributed by atoms with E-state index >= 15 is 0 Å². The lowest BCUT2D eigenvalue weighted by molar-refractivity contribution is 0.104. The Balaban J connectivity index is 1.96. The molecular weight excluding hydrogens is 286 g/mol. The Kier molecular flexibility index (Phi) is 3.67. The van der Waals surface area contributed by atoms with Gasteiger partial charge in [0, 0.05) is 33.2 Å². The van der Waals surface area contributed by atoms with Gasteiger partial charge in [0.15, 0.2) is 5.78 Å². The van der Waals surface area contributed by atoms with E-state index in [0.29, 0.717) is 22.8 Å². The molecule has 0 amide bonds. The third-order valence-electron chi connectivity index (χ3n) is 3.32. The van der Waals surface area contributed by atoms with Gasteiger partial charge in [0.1, 0.15) is 5.75 Å². The van der Waals surface area contributed by atoms with Gasteiger partial charge in [0.25, 0.3) is 0 Å². The van der Waals surface area contributed by atoms with Crippen LogP contribution in [-0.4, -0.2) is 17.4 Å². The highest BCUT2D eigenvalue weighted by atomic mass is 35.5. The Labute approximate surface area is 127 Å². The summed E-state index contributed by atoms with van der Waals surface area (Å²) in [4.78, 5) is 15.7. The van der Waals surface area contributed by atoms with Crippen LogP contribution in [0.5, 0.6) is 5.75 Å². The minimum atomic E-state index is -0.0216. The normalized spacial score (nSPS) is 10.8. The van der Waals surface area contributed by atoms with E-state index < -0.39 is 0 Å². The van der Waals surface area contributed by atoms with Crippen LogP contribution < -0.4 is 4.74 Å². The van der Waals surface area contributed by atoms with Crippen LogP contribution in [0.4, 0.5) is 0 Å². The number of hydrogen-bond acceptors (Lipinski definition) is 2. The van der Waals surface area contributed by atoms with Gasteiger partial charge < -0.3 is 9.72 Å². The largest absolute Gasteiger partial charge is 0.494 e. The number of benzene rings is 2. The molecule has 0 aliphatic carbocycles. The van der Waals surface area contributed by atoms with Crippen molar-refractivity contribution in [2.45, 2.75) is 6.92 Å². The van der Waals surface area contributed by atoms with Gasteiger partial charge in [-0.3, -0.25) is 4.79 Å². The average molecular weight is 300 g/mol. The van der Waals surface area contributed by atoms with Crippen molar-refractivity contribution < 1.29 is 9.53 Å². The Morgan fingerprint density at radius 2 is 1.95 bits per heavy atom. The van der Waals surface area contributed by atoms with Crippen molar-refractivity contribution in [2.75, 3.05) is 6.61 Å². The smallest absolute Gasteiger partial charge is 0.195 e. The summed E-state index contributed by atoms with van der Waals surface area (Å²) in [7, 11) is 0. The monoisotopic (exact) mass is 299 g/mol. The second kappa shape index (κ2) is 5.62. The highest BCUT2D eigenvalue weighted by molar-refractivity contribution is 6.31. The van der Waals surface area contributed by atoms with E-state index in [1.54, 1.807) is 24.4 Å². The first kappa shape index (κ1) is 13.7. The molecule has 106 valence electrons. The minimum absolute atomic E-state index is 0.0216. The standard InChI is InChI=1S/C17H14ClNO2/c1-2-21-13-6-3-11(4-7-13)17(20)15-10-19-16-9-12(18)5-8-14(15)16/h3-10,19H,2H2,1H3. The quantitative estimate of drug-likeness (QED) is 0.723. The van der Waals surface area contributed by atoms with Crippen LogP contribution in [0.15, 0.2) is 48.7 Å². The summed E-state index contributed by atoms with van der Waals surface area (Å²) >= 11 is 5.95. The molecule has 0 unspecified atom stereocenters. The van der Waals surface area contributed by atoms with Crippen LogP contribution in [0.2, 0.25) is 5.02 Å². The van der Waals surface area contributed by atoms with Crippen molar-refractivity contribution in [2.24, 2.45) is 0 Å². The number of H-pyrrole nitrogens is 1. The average Bonchev–Trinajstić information content (AvgIpc) is 2.90. The summed E-state index contributed by atoms with van der Waals surface area (Å²) < 4.78 is 5.38. The molecule has 1 heterocycles. The Bertz CT molecular complexity index is 790. The molecule has 0 radical (unpaired) electrons. The molecular formula is C17H14ClNO2. The van der Waals surface area contributed by atoms with E-state index in [1.807, 2.05) is 31.2 Å². The zero-order valence-corrected chi connectivity index (χ0v) is 12.3. The first-order valence-corrected chi connectivity index (χ1v) is 7.11. The predicted molar refractivity (Wildman–Crippen MR) is 84.4 cm³/mol. The Morgan fingerprint density at radius 3 is 2.67 bits per heavy atom. The number of halogens is 1. The molecule has 0 saturated heterocycles. The predicted octanol–water partition coefficient (Wildman–Crippen LogP) is 4.45. The summed E-state index contributed by atoms with van der Waals surface area (Å²) in [5.74, 6) is 0.742. The zero-order valence-electron chi connectivity index (χ0n) is 11.5. The lowest BCUT2D eigenvalue weighted by Crippen LogP contribution is -2.00. The van der Waals surface area contributed by atoms with Gasteiger partial charge in [-0.25, -0.2) is 0 Å². The van der Waals surface area contributed by atoms with E-state index in [1.165, 1.54) is 0 Å². The fraction of sp³-hybridized carbons (Fsp3) is 0.118. The van der Waals surface area contributed by atoms with Crippen LogP contribution >= 0.6 is 11.6 Å². The number of hydrogen-bond donors (Lipinski definition) is 1. The molecule has 2 aromatic carbocycles. The molecule has 0 saturated carbocycles. The van der Waals surface area contributed by atoms with E-state index in [9.17, 15) is 4.79 Å². The first-order valence-electron chi connectivity index (χ1n) is 6.73. The van der Waals surface area contributed by atoms with Gasteiger partial charge >= 0.3 is 0 Å². The van der Waals surface area contributed by atoms with Crippen molar-refractivity contribution in [1.82, 2.24) is 4.98 Å². The van der Waals surface area contributed by atoms with E-state index in [4.69, 9.17) is 16.3 Å². The highest BCUT2D eigenvalue weighted by Crippen LogP contribution is 2.24. The number of nitrogens with one attached hydrogen (secondary N) is 1. The molecule has 21 heavy (non-hydrogen) atoms. The third kappa shape index (κ3) is 2.65. The van der Waals surface area contributed by atoms with E-state index in [0.717, 1.165) is 16.7 Å². The van der Waals surface area contributed by atoms with Gasteiger partial charge in [0.2, 0.25) is 0 Å². The first-order chi connectivity index (χ1) is 10.2. The van der Waals surface area contributed by atoms with Crippen molar-refractivity contribution >= 4 is 28.3 Å². The number of aromatic amines is 1. The molecule has 0 atom stereocenters. The molecule has 0 fully saturated rings. The maximum Gasteiger partial charge on any atom is 0.195 e. The summed E-state index contributed by atoms with van der Waals surface area (Å²) in [6, 6.07) is 12.6. The van der Waals surface area contributed by atoms with Gasteiger partial charge in [-0.1, -0.05) is 17.7 Å². The number of rotatable bonds is 4. The number of aromatic nitrogens is 1. The number of ether oxygens (including phenoxy) is 1. The maximum absolute atomic E-state index is 12.6. The second-order valence-electron chi connectivity index (χ2n) is 4.68. The fourth-order valence-corrected chi connectivity index (χ4v) is 2.48. The van der Waals surface area contributed by atoms with Crippen LogP contribution in [-0.2, 0) is 0 Å². The number of carbonyl (C=O) groups is 1. The molecule has 3 aromatic rings. The van der Waals surface area contributed by atoms with Crippen molar-refractivity contribution in [3.63, 3.8) is 0 Å². The fourth-order valence-electron chi connectivity index (χ4n) is 2.31. The van der Waals surface area contributed by atoms with Crippen LogP contribution in [0.1, 0.15) is 22.8 Å². The maximum atomic E-state index is 12.6. The molecule has 1 N–H and O–H groups in total. The van der Waals surface area contributed by atoms with Gasteiger partial charge in [-0.15, -0.1) is 0 Å². The van der Waals surface area contributed by atoms with Crippen molar-refractivity contribution in [3.05, 3.63) is 64.8 Å². The lowest BCUT2D eigenvalue weighted by Gasteiger charge is -2.04. The molecule has 0 spiro atoms. The number of ketones is 1. The van der Waals surface area contributed by atoms with Crippen LogP contribution in [0.3, 0.4) is 0 Å². The zero-order chi connectivity index (χ0) is 14.8. The van der Waals surface area contributed by atoms with E-state index in [-0.39, 0.29) is 5.78 Å². The van der Waals surface area contributed by atoms with Crippen LogP contribution in [0.25, 0.3) is 10.9 Å². The SMILES string of the molecule is CCOc1ccc(C(=O)c2c[nH]c3cc(Cl)ccc23)cc1. The van der Waals surface area contributed by atoms with E-state index in [2.05, 4.69) is 4.98 Å². The second-order valence-corrected chi connectivity index (χ2v) is 5.12. The molecule has 4 heteroatoms. The highest BCUT2D eigenvalue weighted by Gasteiger charge is 2.14. The molecule has 0 aliphatic heterocycles. The minimum Gasteiger partial charge on any atom is -0.494 e. The summed E-state index contributed by atoms with van der Waals surface area (Å²) in [6.07, 6.45) is 1.72. The molecule has 3 rings (SSSR count). The summed E-state index contributed by atoms with van der Waals surface area (Å²) in [6.45, 7) is 2.53. The number of fused-ring (bicyclic) bond motifs is 1. The van der Waals surface area contributed by atoms with Gasteiger partial charge in [-0.05, 0) is 43.3 Å². The van der Waals surface area contributed by atoms with Crippen molar-refractivity contribution in [3.8, 4) is 5.75 Å². The Morgan fingerprint density at radius 1 is 1.19 bits per heavy atom. The van der Waals surface area contributed by atoms with Gasteiger partial charge in [0.05, 0.1) is 6.61 Å². The summed E-state index contributed by atoms with van der Waals surface area (Å²) in [5.41, 5.74) is 2.14. The third-order valence-corrected chi connectivity index (χ3v) is 3.55.